The van der Waals surface area contributed by atoms with Crippen LogP contribution >= 0.6 is 24.0 Å². The standard InChI is InChI=1S/C11H15ClN2O2.ClH/c12-9-3-1-8(2-4-9)5-6-14-10(7-15)11(13)16;/h1-4,10,14-15H,5-7H2,(H2,13,16);1H/t10-;/m0./s1. The Labute approximate surface area is 112 Å². The number of nitrogens with two attached hydrogens (primary N) is 1. The molecule has 0 aliphatic heterocycles. The summed E-state index contributed by atoms with van der Waals surface area (Å²) in [4.78, 5) is 10.8. The van der Waals surface area contributed by atoms with Crippen molar-refractivity contribution < 1.29 is 9.90 Å². The minimum Gasteiger partial charge on any atom is -0.394 e. The van der Waals surface area contributed by atoms with Crippen LogP contribution in [0.5, 0.6) is 0 Å². The zero-order valence-corrected chi connectivity index (χ0v) is 10.8. The first-order chi connectivity index (χ1) is 7.63. The molecule has 0 heterocycles. The van der Waals surface area contributed by atoms with Gasteiger partial charge in [0.1, 0.15) is 6.04 Å². The molecule has 0 spiro atoms. The number of aliphatic hydroxyl groups excluding tert-OH is 1. The summed E-state index contributed by atoms with van der Waals surface area (Å²) in [6.45, 7) is 0.297. The lowest BCUT2D eigenvalue weighted by molar-refractivity contribution is -0.120. The molecule has 0 unspecified atom stereocenters. The molecule has 96 valence electrons. The number of carbonyl (C=O) groups is 1. The molecule has 0 bridgehead atoms. The topological polar surface area (TPSA) is 75.4 Å². The fourth-order valence-electron chi connectivity index (χ4n) is 1.30. The van der Waals surface area contributed by atoms with Gasteiger partial charge in [0, 0.05) is 5.02 Å². The van der Waals surface area contributed by atoms with Gasteiger partial charge in [0.25, 0.3) is 0 Å². The molecule has 0 radical (unpaired) electrons. The molecule has 0 fully saturated rings. The first-order valence-corrected chi connectivity index (χ1v) is 5.39. The predicted octanol–water partition coefficient (Wildman–Crippen LogP) is 0.740. The maximum absolute atomic E-state index is 10.8. The number of rotatable bonds is 6. The molecule has 1 aromatic carbocycles. The van der Waals surface area contributed by atoms with E-state index in [0.717, 1.165) is 12.0 Å². The number of nitrogens with one attached hydrogen (secondary N) is 1. The molecule has 1 atom stereocenters. The molecule has 1 rings (SSSR count). The summed E-state index contributed by atoms with van der Waals surface area (Å²) in [5.74, 6) is -0.543. The molecule has 6 heteroatoms. The Morgan fingerprint density at radius 3 is 2.47 bits per heavy atom. The highest BCUT2D eigenvalue weighted by Crippen LogP contribution is 2.09. The Bertz CT molecular complexity index is 344. The molecular formula is C11H16Cl2N2O2. The van der Waals surface area contributed by atoms with Crippen molar-refractivity contribution >= 4 is 29.9 Å². The Hall–Kier alpha value is -0.810. The van der Waals surface area contributed by atoms with E-state index in [1.807, 2.05) is 24.3 Å². The van der Waals surface area contributed by atoms with Crippen molar-refractivity contribution in [3.05, 3.63) is 34.9 Å². The second-order valence-corrected chi connectivity index (χ2v) is 3.90. The summed E-state index contributed by atoms with van der Waals surface area (Å²) in [7, 11) is 0. The minimum absolute atomic E-state index is 0. The van der Waals surface area contributed by atoms with Crippen molar-refractivity contribution in [2.45, 2.75) is 12.5 Å². The van der Waals surface area contributed by atoms with Crippen molar-refractivity contribution in [1.82, 2.24) is 5.32 Å². The molecule has 0 aliphatic carbocycles. The first kappa shape index (κ1) is 16.2. The largest absolute Gasteiger partial charge is 0.394 e. The van der Waals surface area contributed by atoms with Crippen molar-refractivity contribution in [2.75, 3.05) is 13.2 Å². The van der Waals surface area contributed by atoms with E-state index in [4.69, 9.17) is 22.4 Å². The fraction of sp³-hybridized carbons (Fsp3) is 0.364. The van der Waals surface area contributed by atoms with E-state index in [-0.39, 0.29) is 19.0 Å². The van der Waals surface area contributed by atoms with E-state index in [9.17, 15) is 4.79 Å². The van der Waals surface area contributed by atoms with Crippen molar-refractivity contribution in [3.8, 4) is 0 Å². The van der Waals surface area contributed by atoms with Crippen LogP contribution in [0.15, 0.2) is 24.3 Å². The van der Waals surface area contributed by atoms with Crippen LogP contribution in [0.4, 0.5) is 0 Å². The van der Waals surface area contributed by atoms with Gasteiger partial charge in [0.15, 0.2) is 0 Å². The third kappa shape index (κ3) is 5.89. The van der Waals surface area contributed by atoms with E-state index in [2.05, 4.69) is 5.32 Å². The van der Waals surface area contributed by atoms with Gasteiger partial charge in [-0.2, -0.15) is 0 Å². The Kier molecular flexibility index (Phi) is 7.91. The summed E-state index contributed by atoms with van der Waals surface area (Å²) in [6, 6.07) is 6.79. The molecule has 1 amide bonds. The summed E-state index contributed by atoms with van der Waals surface area (Å²) in [5, 5.41) is 12.4. The summed E-state index contributed by atoms with van der Waals surface area (Å²) in [5.41, 5.74) is 6.18. The zero-order valence-electron chi connectivity index (χ0n) is 9.23. The van der Waals surface area contributed by atoms with Gasteiger partial charge >= 0.3 is 0 Å². The van der Waals surface area contributed by atoms with Crippen LogP contribution in [-0.2, 0) is 11.2 Å². The lowest BCUT2D eigenvalue weighted by Crippen LogP contribution is -2.44. The van der Waals surface area contributed by atoms with E-state index in [1.165, 1.54) is 0 Å². The van der Waals surface area contributed by atoms with Crippen LogP contribution in [0.1, 0.15) is 5.56 Å². The number of benzene rings is 1. The normalized spacial score (nSPS) is 11.6. The lowest BCUT2D eigenvalue weighted by Gasteiger charge is -2.12. The van der Waals surface area contributed by atoms with Crippen LogP contribution < -0.4 is 11.1 Å². The molecule has 4 N–H and O–H groups in total. The molecule has 0 aromatic heterocycles. The molecular weight excluding hydrogens is 263 g/mol. The van der Waals surface area contributed by atoms with Crippen molar-refractivity contribution in [1.29, 1.82) is 0 Å². The number of aliphatic hydroxyl groups is 1. The fourth-order valence-corrected chi connectivity index (χ4v) is 1.42. The van der Waals surface area contributed by atoms with Crippen LogP contribution in [0.25, 0.3) is 0 Å². The van der Waals surface area contributed by atoms with E-state index >= 15 is 0 Å². The maximum atomic E-state index is 10.8. The second-order valence-electron chi connectivity index (χ2n) is 3.47. The highest BCUT2D eigenvalue weighted by Gasteiger charge is 2.11. The van der Waals surface area contributed by atoms with E-state index < -0.39 is 11.9 Å². The van der Waals surface area contributed by atoms with Crippen LogP contribution in [0, 0.1) is 0 Å². The monoisotopic (exact) mass is 278 g/mol. The van der Waals surface area contributed by atoms with Crippen LogP contribution in [0.2, 0.25) is 5.02 Å². The van der Waals surface area contributed by atoms with Gasteiger partial charge in [0.05, 0.1) is 6.61 Å². The number of hydrogen-bond acceptors (Lipinski definition) is 3. The SMILES string of the molecule is Cl.NC(=O)[C@H](CO)NCCc1ccc(Cl)cc1. The molecule has 0 saturated carbocycles. The minimum atomic E-state index is -0.674. The number of carbonyl (C=O) groups excluding carboxylic acids is 1. The molecule has 1 aromatic rings. The third-order valence-electron chi connectivity index (χ3n) is 2.24. The predicted molar refractivity (Wildman–Crippen MR) is 70.5 cm³/mol. The number of hydrogen-bond donors (Lipinski definition) is 3. The highest BCUT2D eigenvalue weighted by molar-refractivity contribution is 6.30. The average Bonchev–Trinajstić information content (AvgIpc) is 2.26. The Morgan fingerprint density at radius 1 is 1.41 bits per heavy atom. The number of primary amides is 1. The zero-order chi connectivity index (χ0) is 12.0. The third-order valence-corrected chi connectivity index (χ3v) is 2.50. The summed E-state index contributed by atoms with van der Waals surface area (Å²) in [6.07, 6.45) is 0.751. The molecule has 0 aliphatic rings. The smallest absolute Gasteiger partial charge is 0.236 e. The molecule has 17 heavy (non-hydrogen) atoms. The lowest BCUT2D eigenvalue weighted by atomic mass is 10.1. The van der Waals surface area contributed by atoms with Gasteiger partial charge in [-0.25, -0.2) is 0 Å². The van der Waals surface area contributed by atoms with Gasteiger partial charge in [0.2, 0.25) is 5.91 Å². The van der Waals surface area contributed by atoms with Gasteiger partial charge < -0.3 is 16.2 Å². The van der Waals surface area contributed by atoms with Crippen molar-refractivity contribution in [2.24, 2.45) is 5.73 Å². The summed E-state index contributed by atoms with van der Waals surface area (Å²) < 4.78 is 0. The second kappa shape index (κ2) is 8.31. The van der Waals surface area contributed by atoms with Gasteiger partial charge in [-0.1, -0.05) is 23.7 Å². The van der Waals surface area contributed by atoms with E-state index in [1.54, 1.807) is 0 Å². The Balaban J connectivity index is 0.00000256. The first-order valence-electron chi connectivity index (χ1n) is 5.01. The highest BCUT2D eigenvalue weighted by atomic mass is 35.5. The average molecular weight is 279 g/mol. The van der Waals surface area contributed by atoms with Crippen LogP contribution in [-0.4, -0.2) is 30.2 Å². The quantitative estimate of drug-likeness (QED) is 0.719. The van der Waals surface area contributed by atoms with Gasteiger partial charge in [-0.15, -0.1) is 12.4 Å². The molecule has 0 saturated heterocycles. The Morgan fingerprint density at radius 2 is 2.00 bits per heavy atom. The number of amides is 1. The van der Waals surface area contributed by atoms with Gasteiger partial charge in [-0.05, 0) is 30.7 Å². The van der Waals surface area contributed by atoms with E-state index in [0.29, 0.717) is 11.6 Å². The van der Waals surface area contributed by atoms with Crippen LogP contribution in [0.3, 0.4) is 0 Å². The molecule has 4 nitrogen and oxygen atoms in total. The van der Waals surface area contributed by atoms with Crippen molar-refractivity contribution in [3.63, 3.8) is 0 Å². The van der Waals surface area contributed by atoms with Gasteiger partial charge in [-0.3, -0.25) is 4.79 Å². The maximum Gasteiger partial charge on any atom is 0.236 e. The summed E-state index contributed by atoms with van der Waals surface area (Å²) >= 11 is 5.75. The number of halogens is 2.